The highest BCUT2D eigenvalue weighted by Crippen LogP contribution is 2.17. The summed E-state index contributed by atoms with van der Waals surface area (Å²) < 4.78 is 0. The summed E-state index contributed by atoms with van der Waals surface area (Å²) in [4.78, 5) is 15.0. The Kier molecular flexibility index (Phi) is 4.48. The molecule has 2 aromatic carbocycles. The van der Waals surface area contributed by atoms with Gasteiger partial charge < -0.3 is 5.32 Å². The Hall–Kier alpha value is -2.66. The van der Waals surface area contributed by atoms with E-state index in [0.29, 0.717) is 5.69 Å². The van der Waals surface area contributed by atoms with E-state index in [1.54, 1.807) is 0 Å². The van der Waals surface area contributed by atoms with E-state index in [9.17, 15) is 4.79 Å². The van der Waals surface area contributed by atoms with Gasteiger partial charge in [0.2, 0.25) is 0 Å². The van der Waals surface area contributed by atoms with Crippen LogP contribution in [0.15, 0.2) is 54.6 Å². The van der Waals surface area contributed by atoms with E-state index < -0.39 is 0 Å². The van der Waals surface area contributed by atoms with Crippen molar-refractivity contribution in [3.8, 4) is 0 Å². The molecule has 1 aliphatic heterocycles. The molecule has 5 nitrogen and oxygen atoms in total. The zero-order chi connectivity index (χ0) is 17.1. The summed E-state index contributed by atoms with van der Waals surface area (Å²) in [6, 6.07) is 18.5. The Morgan fingerprint density at radius 3 is 2.60 bits per heavy atom. The molecule has 1 saturated heterocycles. The molecule has 1 fully saturated rings. The Labute approximate surface area is 147 Å². The Morgan fingerprint density at radius 2 is 1.80 bits per heavy atom. The molecule has 0 unspecified atom stereocenters. The van der Waals surface area contributed by atoms with Crippen LogP contribution >= 0.6 is 0 Å². The average molecular weight is 334 g/mol. The van der Waals surface area contributed by atoms with Gasteiger partial charge in [-0.3, -0.25) is 14.8 Å². The first-order chi connectivity index (χ1) is 12.3. The molecule has 0 aliphatic carbocycles. The van der Waals surface area contributed by atoms with Crippen LogP contribution in [0.3, 0.4) is 0 Å². The molecular formula is C20H22N4O. The number of carbonyl (C=O) groups is 1. The van der Waals surface area contributed by atoms with Gasteiger partial charge in [-0.1, -0.05) is 48.5 Å². The molecule has 1 aliphatic rings. The van der Waals surface area contributed by atoms with E-state index in [1.165, 1.54) is 5.56 Å². The predicted octanol–water partition coefficient (Wildman–Crippen LogP) is 2.96. The number of likely N-dealkylation sites (tertiary alicyclic amines) is 1. The third kappa shape index (κ3) is 3.56. The molecule has 3 aromatic rings. The summed E-state index contributed by atoms with van der Waals surface area (Å²) in [6.45, 7) is 2.98. The third-order valence-electron chi connectivity index (χ3n) is 4.86. The zero-order valence-corrected chi connectivity index (χ0v) is 14.1. The first-order valence-corrected chi connectivity index (χ1v) is 8.80. The van der Waals surface area contributed by atoms with Crippen molar-refractivity contribution in [1.82, 2.24) is 20.4 Å². The number of rotatable bonds is 4. The van der Waals surface area contributed by atoms with Crippen molar-refractivity contribution >= 4 is 16.8 Å². The van der Waals surface area contributed by atoms with Crippen LogP contribution in [-0.4, -0.2) is 40.1 Å². The summed E-state index contributed by atoms with van der Waals surface area (Å²) in [5.41, 5.74) is 2.72. The first-order valence-electron chi connectivity index (χ1n) is 8.80. The van der Waals surface area contributed by atoms with Crippen LogP contribution in [0.4, 0.5) is 0 Å². The number of aromatic nitrogens is 2. The number of nitrogens with one attached hydrogen (secondary N) is 2. The normalized spacial score (nSPS) is 16.2. The fraction of sp³-hybridized carbons (Fsp3) is 0.300. The van der Waals surface area contributed by atoms with Crippen LogP contribution in [0, 0.1) is 0 Å². The lowest BCUT2D eigenvalue weighted by molar-refractivity contribution is 0.0905. The molecule has 0 atom stereocenters. The summed E-state index contributed by atoms with van der Waals surface area (Å²) in [5, 5.41) is 11.1. The smallest absolute Gasteiger partial charge is 0.272 e. The number of benzene rings is 2. The monoisotopic (exact) mass is 334 g/mol. The highest BCUT2D eigenvalue weighted by atomic mass is 16.2. The van der Waals surface area contributed by atoms with Crippen LogP contribution in [-0.2, 0) is 6.54 Å². The van der Waals surface area contributed by atoms with Crippen LogP contribution in [0.5, 0.6) is 0 Å². The maximum absolute atomic E-state index is 12.6. The Balaban J connectivity index is 1.33. The van der Waals surface area contributed by atoms with Gasteiger partial charge in [0.15, 0.2) is 5.69 Å². The summed E-state index contributed by atoms with van der Waals surface area (Å²) in [6.07, 6.45) is 1.95. The number of aromatic amines is 1. The number of hydrogen-bond acceptors (Lipinski definition) is 3. The number of nitrogens with zero attached hydrogens (tertiary/aromatic N) is 2. The van der Waals surface area contributed by atoms with Gasteiger partial charge in [-0.15, -0.1) is 0 Å². The highest BCUT2D eigenvalue weighted by Gasteiger charge is 2.23. The number of carbonyl (C=O) groups excluding carboxylic acids is 1. The van der Waals surface area contributed by atoms with Gasteiger partial charge >= 0.3 is 0 Å². The average Bonchev–Trinajstić information content (AvgIpc) is 3.08. The van der Waals surface area contributed by atoms with Crippen molar-refractivity contribution in [2.75, 3.05) is 13.1 Å². The second-order valence-electron chi connectivity index (χ2n) is 6.63. The van der Waals surface area contributed by atoms with E-state index >= 15 is 0 Å². The maximum atomic E-state index is 12.6. The minimum Gasteiger partial charge on any atom is -0.348 e. The topological polar surface area (TPSA) is 61.0 Å². The van der Waals surface area contributed by atoms with Crippen LogP contribution < -0.4 is 5.32 Å². The Bertz CT molecular complexity index is 850. The second kappa shape index (κ2) is 7.07. The fourth-order valence-electron chi connectivity index (χ4n) is 3.47. The lowest BCUT2D eigenvalue weighted by Gasteiger charge is -2.32. The third-order valence-corrected chi connectivity index (χ3v) is 4.86. The van der Waals surface area contributed by atoms with Crippen molar-refractivity contribution in [1.29, 1.82) is 0 Å². The molecule has 25 heavy (non-hydrogen) atoms. The van der Waals surface area contributed by atoms with Crippen molar-refractivity contribution in [2.45, 2.75) is 25.4 Å². The molecule has 0 saturated carbocycles. The number of amides is 1. The van der Waals surface area contributed by atoms with Crippen LogP contribution in [0.1, 0.15) is 28.9 Å². The van der Waals surface area contributed by atoms with Gasteiger partial charge in [0.05, 0.1) is 5.52 Å². The van der Waals surface area contributed by atoms with Crippen molar-refractivity contribution in [2.24, 2.45) is 0 Å². The second-order valence-corrected chi connectivity index (χ2v) is 6.63. The number of piperidine rings is 1. The summed E-state index contributed by atoms with van der Waals surface area (Å²) >= 11 is 0. The van der Waals surface area contributed by atoms with Crippen molar-refractivity contribution in [3.05, 3.63) is 65.9 Å². The predicted molar refractivity (Wildman–Crippen MR) is 98.3 cm³/mol. The van der Waals surface area contributed by atoms with Gasteiger partial charge in [0.25, 0.3) is 5.91 Å². The van der Waals surface area contributed by atoms with E-state index in [0.717, 1.165) is 43.4 Å². The van der Waals surface area contributed by atoms with E-state index in [-0.39, 0.29) is 11.9 Å². The lowest BCUT2D eigenvalue weighted by Crippen LogP contribution is -2.44. The van der Waals surface area contributed by atoms with E-state index in [1.807, 2.05) is 30.3 Å². The molecule has 0 bridgehead atoms. The zero-order valence-electron chi connectivity index (χ0n) is 14.1. The van der Waals surface area contributed by atoms with Crippen LogP contribution in [0.25, 0.3) is 10.9 Å². The molecular weight excluding hydrogens is 312 g/mol. The van der Waals surface area contributed by atoms with Crippen molar-refractivity contribution < 1.29 is 4.79 Å². The molecule has 128 valence electrons. The SMILES string of the molecule is O=C(NC1CCN(Cc2ccccc2)CC1)c1n[nH]c2ccccc12. The molecule has 5 heteroatoms. The van der Waals surface area contributed by atoms with Gasteiger partial charge in [0.1, 0.15) is 0 Å². The van der Waals surface area contributed by atoms with Crippen molar-refractivity contribution in [3.63, 3.8) is 0 Å². The molecule has 2 N–H and O–H groups in total. The quantitative estimate of drug-likeness (QED) is 0.771. The number of para-hydroxylation sites is 1. The van der Waals surface area contributed by atoms with Gasteiger partial charge in [0, 0.05) is 31.1 Å². The molecule has 1 amide bonds. The van der Waals surface area contributed by atoms with Gasteiger partial charge in [-0.25, -0.2) is 0 Å². The maximum Gasteiger partial charge on any atom is 0.272 e. The minimum absolute atomic E-state index is 0.0843. The molecule has 4 rings (SSSR count). The molecule has 0 radical (unpaired) electrons. The summed E-state index contributed by atoms with van der Waals surface area (Å²) in [5.74, 6) is -0.0843. The van der Waals surface area contributed by atoms with Gasteiger partial charge in [-0.2, -0.15) is 5.10 Å². The standard InChI is InChI=1S/C20H22N4O/c25-20(19-17-8-4-5-9-18(17)22-23-19)21-16-10-12-24(13-11-16)14-15-6-2-1-3-7-15/h1-9,16H,10-14H2,(H,21,25)(H,22,23). The fourth-order valence-corrected chi connectivity index (χ4v) is 3.47. The van der Waals surface area contributed by atoms with Gasteiger partial charge in [-0.05, 0) is 24.5 Å². The molecule has 2 heterocycles. The minimum atomic E-state index is -0.0843. The summed E-state index contributed by atoms with van der Waals surface area (Å²) in [7, 11) is 0. The van der Waals surface area contributed by atoms with E-state index in [4.69, 9.17) is 0 Å². The number of H-pyrrole nitrogens is 1. The number of hydrogen-bond donors (Lipinski definition) is 2. The number of fused-ring (bicyclic) bond motifs is 1. The first kappa shape index (κ1) is 15.8. The molecule has 1 aromatic heterocycles. The van der Waals surface area contributed by atoms with Crippen LogP contribution in [0.2, 0.25) is 0 Å². The Morgan fingerprint density at radius 1 is 1.08 bits per heavy atom. The largest absolute Gasteiger partial charge is 0.348 e. The van der Waals surface area contributed by atoms with E-state index in [2.05, 4.69) is 44.7 Å². The lowest BCUT2D eigenvalue weighted by atomic mass is 10.0. The highest BCUT2D eigenvalue weighted by molar-refractivity contribution is 6.04. The molecule has 0 spiro atoms.